The number of aromatic nitrogens is 2. The van der Waals surface area contributed by atoms with Crippen molar-refractivity contribution in [2.75, 3.05) is 0 Å². The molecule has 1 aliphatic carbocycles. The van der Waals surface area contributed by atoms with Crippen LogP contribution in [0.2, 0.25) is 0 Å². The zero-order valence-electron chi connectivity index (χ0n) is 13.5. The maximum Gasteiger partial charge on any atom is 0.254 e. The molecule has 2 atom stereocenters. The Bertz CT molecular complexity index is 748. The molecule has 7 heteroatoms. The molecule has 1 N–H and O–H groups in total. The van der Waals surface area contributed by atoms with Gasteiger partial charge in [0.1, 0.15) is 18.1 Å². The first-order valence-electron chi connectivity index (χ1n) is 8.26. The van der Waals surface area contributed by atoms with E-state index >= 15 is 0 Å². The Morgan fingerprint density at radius 3 is 2.83 bits per heavy atom. The van der Waals surface area contributed by atoms with E-state index in [4.69, 9.17) is 4.42 Å². The smallest absolute Gasteiger partial charge is 0.254 e. The number of rotatable bonds is 4. The van der Waals surface area contributed by atoms with Gasteiger partial charge in [0, 0.05) is 31.9 Å². The van der Waals surface area contributed by atoms with Crippen LogP contribution in [0.5, 0.6) is 0 Å². The molecule has 2 aliphatic rings. The number of aryl methyl sites for hydroxylation is 1. The lowest BCUT2D eigenvalue weighted by atomic mass is 9.94. The van der Waals surface area contributed by atoms with Gasteiger partial charge in [-0.25, -0.2) is 4.98 Å². The van der Waals surface area contributed by atoms with E-state index in [1.807, 2.05) is 22.7 Å². The lowest BCUT2D eigenvalue weighted by Gasteiger charge is -2.41. The van der Waals surface area contributed by atoms with E-state index in [2.05, 4.69) is 10.3 Å². The molecule has 0 unspecified atom stereocenters. The van der Waals surface area contributed by atoms with E-state index in [0.29, 0.717) is 18.4 Å². The highest BCUT2D eigenvalue weighted by atomic mass is 16.3. The average Bonchev–Trinajstić information content (AvgIpc) is 3.07. The molecule has 1 saturated heterocycles. The molecule has 24 heavy (non-hydrogen) atoms. The fraction of sp³-hybridized carbons (Fsp3) is 0.471. The number of hydrogen-bond donors (Lipinski definition) is 1. The molecule has 0 radical (unpaired) electrons. The second kappa shape index (κ2) is 5.81. The monoisotopic (exact) mass is 328 g/mol. The van der Waals surface area contributed by atoms with Crippen LogP contribution in [0.4, 0.5) is 0 Å². The molecule has 126 valence electrons. The van der Waals surface area contributed by atoms with E-state index in [1.165, 1.54) is 12.5 Å². The maximum absolute atomic E-state index is 12.5. The molecule has 4 rings (SSSR count). The van der Waals surface area contributed by atoms with Crippen LogP contribution in [0.3, 0.4) is 0 Å². The molecule has 2 amide bonds. The SMILES string of the molecule is Cn1ccnc1[C@H]1[C@H](NC(=O)c2ccoc2)CCC(=O)N1C1CC1. The van der Waals surface area contributed by atoms with E-state index < -0.39 is 0 Å². The van der Waals surface area contributed by atoms with Crippen LogP contribution in [0, 0.1) is 0 Å². The molecule has 0 spiro atoms. The third kappa shape index (κ3) is 2.60. The number of hydrogen-bond acceptors (Lipinski definition) is 4. The summed E-state index contributed by atoms with van der Waals surface area (Å²) in [6, 6.07) is 1.52. The fourth-order valence-electron chi connectivity index (χ4n) is 3.46. The Balaban J connectivity index is 1.64. The molecular formula is C17H20N4O3. The van der Waals surface area contributed by atoms with Gasteiger partial charge in [0.25, 0.3) is 5.91 Å². The summed E-state index contributed by atoms with van der Waals surface area (Å²) in [4.78, 5) is 31.4. The van der Waals surface area contributed by atoms with Crippen molar-refractivity contribution in [1.29, 1.82) is 0 Å². The Hall–Kier alpha value is -2.57. The van der Waals surface area contributed by atoms with Crippen LogP contribution < -0.4 is 5.32 Å². The summed E-state index contributed by atoms with van der Waals surface area (Å²) in [5, 5.41) is 3.07. The number of furan rings is 1. The Morgan fingerprint density at radius 1 is 1.38 bits per heavy atom. The van der Waals surface area contributed by atoms with Crippen molar-refractivity contribution in [2.24, 2.45) is 7.05 Å². The van der Waals surface area contributed by atoms with Gasteiger partial charge < -0.3 is 19.2 Å². The molecule has 7 nitrogen and oxygen atoms in total. The van der Waals surface area contributed by atoms with Gasteiger partial charge in [-0.1, -0.05) is 0 Å². The Kier molecular flexibility index (Phi) is 3.63. The van der Waals surface area contributed by atoms with Gasteiger partial charge in [-0.15, -0.1) is 0 Å². The fourth-order valence-corrected chi connectivity index (χ4v) is 3.46. The number of likely N-dealkylation sites (tertiary alicyclic amines) is 1. The summed E-state index contributed by atoms with van der Waals surface area (Å²) >= 11 is 0. The van der Waals surface area contributed by atoms with Gasteiger partial charge in [-0.05, 0) is 25.3 Å². The summed E-state index contributed by atoms with van der Waals surface area (Å²) in [6.45, 7) is 0. The summed E-state index contributed by atoms with van der Waals surface area (Å²) < 4.78 is 6.91. The zero-order chi connectivity index (χ0) is 16.7. The highest BCUT2D eigenvalue weighted by molar-refractivity contribution is 5.94. The van der Waals surface area contributed by atoms with Crippen molar-refractivity contribution in [3.63, 3.8) is 0 Å². The van der Waals surface area contributed by atoms with Gasteiger partial charge in [0.15, 0.2) is 0 Å². The number of carbonyl (C=O) groups excluding carboxylic acids is 2. The van der Waals surface area contributed by atoms with E-state index in [1.54, 1.807) is 12.3 Å². The summed E-state index contributed by atoms with van der Waals surface area (Å²) in [6.07, 6.45) is 9.62. The molecule has 3 heterocycles. The molecular weight excluding hydrogens is 308 g/mol. The van der Waals surface area contributed by atoms with Crippen molar-refractivity contribution >= 4 is 11.8 Å². The van der Waals surface area contributed by atoms with Gasteiger partial charge in [-0.3, -0.25) is 9.59 Å². The average molecular weight is 328 g/mol. The number of carbonyl (C=O) groups is 2. The van der Waals surface area contributed by atoms with Gasteiger partial charge in [0.05, 0.1) is 17.9 Å². The van der Waals surface area contributed by atoms with Crippen molar-refractivity contribution in [1.82, 2.24) is 19.8 Å². The van der Waals surface area contributed by atoms with Crippen LogP contribution in [-0.2, 0) is 11.8 Å². The van der Waals surface area contributed by atoms with Crippen molar-refractivity contribution in [2.45, 2.75) is 43.8 Å². The lowest BCUT2D eigenvalue weighted by molar-refractivity contribution is -0.138. The van der Waals surface area contributed by atoms with E-state index in [0.717, 1.165) is 18.7 Å². The molecule has 0 bridgehead atoms. The van der Waals surface area contributed by atoms with Crippen LogP contribution in [0.1, 0.15) is 47.9 Å². The van der Waals surface area contributed by atoms with Crippen molar-refractivity contribution in [3.8, 4) is 0 Å². The predicted molar refractivity (Wildman–Crippen MR) is 85.0 cm³/mol. The normalized spacial score (nSPS) is 24.2. The zero-order valence-corrected chi connectivity index (χ0v) is 13.5. The van der Waals surface area contributed by atoms with Crippen LogP contribution >= 0.6 is 0 Å². The highest BCUT2D eigenvalue weighted by Crippen LogP contribution is 2.40. The quantitative estimate of drug-likeness (QED) is 0.925. The minimum atomic E-state index is -0.227. The highest BCUT2D eigenvalue weighted by Gasteiger charge is 2.46. The Labute approximate surface area is 139 Å². The van der Waals surface area contributed by atoms with E-state index in [-0.39, 0.29) is 29.9 Å². The minimum Gasteiger partial charge on any atom is -0.472 e. The number of nitrogens with zero attached hydrogens (tertiary/aromatic N) is 3. The first-order chi connectivity index (χ1) is 11.6. The predicted octanol–water partition coefficient (Wildman–Crippen LogP) is 1.64. The molecule has 1 aliphatic heterocycles. The molecule has 0 aromatic carbocycles. The largest absolute Gasteiger partial charge is 0.472 e. The van der Waals surface area contributed by atoms with E-state index in [9.17, 15) is 9.59 Å². The van der Waals surface area contributed by atoms with Crippen LogP contribution in [0.15, 0.2) is 35.4 Å². The Morgan fingerprint density at radius 2 is 2.21 bits per heavy atom. The van der Waals surface area contributed by atoms with Gasteiger partial charge >= 0.3 is 0 Å². The number of piperidine rings is 1. The number of nitrogens with one attached hydrogen (secondary N) is 1. The van der Waals surface area contributed by atoms with Gasteiger partial charge in [-0.2, -0.15) is 0 Å². The van der Waals surface area contributed by atoms with Crippen molar-refractivity contribution in [3.05, 3.63) is 42.4 Å². The minimum absolute atomic E-state index is 0.152. The molecule has 2 fully saturated rings. The van der Waals surface area contributed by atoms with Gasteiger partial charge in [0.2, 0.25) is 5.91 Å². The van der Waals surface area contributed by atoms with Crippen LogP contribution in [0.25, 0.3) is 0 Å². The first-order valence-corrected chi connectivity index (χ1v) is 8.26. The second-order valence-electron chi connectivity index (χ2n) is 6.50. The lowest BCUT2D eigenvalue weighted by Crippen LogP contribution is -2.53. The van der Waals surface area contributed by atoms with Crippen molar-refractivity contribution < 1.29 is 14.0 Å². The second-order valence-corrected chi connectivity index (χ2v) is 6.50. The topological polar surface area (TPSA) is 80.4 Å². The third-order valence-electron chi connectivity index (χ3n) is 4.80. The van der Waals surface area contributed by atoms with Crippen LogP contribution in [-0.4, -0.2) is 38.3 Å². The molecule has 2 aromatic heterocycles. The third-order valence-corrected chi connectivity index (χ3v) is 4.80. The first kappa shape index (κ1) is 15.0. The summed E-state index contributed by atoms with van der Waals surface area (Å²) in [7, 11) is 1.92. The summed E-state index contributed by atoms with van der Waals surface area (Å²) in [5.41, 5.74) is 0.489. The summed E-state index contributed by atoms with van der Waals surface area (Å²) in [5.74, 6) is 0.782. The number of amides is 2. The maximum atomic E-state index is 12.5. The molecule has 1 saturated carbocycles. The number of imidazole rings is 1. The standard InChI is InChI=1S/C17H20N4O3/c1-20-8-7-18-16(20)15-13(19-17(23)11-6-9-24-10-11)4-5-14(22)21(15)12-2-3-12/h6-10,12-13,15H,2-5H2,1H3,(H,19,23)/t13-,15-/m1/s1. The molecule has 2 aromatic rings.